The van der Waals surface area contributed by atoms with Gasteiger partial charge in [-0.1, -0.05) is 0 Å². The maximum atomic E-state index is 9.87. The van der Waals surface area contributed by atoms with Gasteiger partial charge >= 0.3 is 5.97 Å². The van der Waals surface area contributed by atoms with Crippen molar-refractivity contribution < 1.29 is 37.1 Å². The molecule has 0 aromatic heterocycles. The topological polar surface area (TPSA) is 54.4 Å². The number of Topliss-reactive ketones (excluding diaryl/α,β-unsaturated/α-hetero) is 1. The van der Waals surface area contributed by atoms with Crippen LogP contribution in [0.4, 0.5) is 0 Å². The van der Waals surface area contributed by atoms with E-state index in [2.05, 4.69) is 0 Å². The molecule has 0 bridgehead atoms. The zero-order valence-corrected chi connectivity index (χ0v) is 5.75. The van der Waals surface area contributed by atoms with Crippen molar-refractivity contribution >= 4 is 11.8 Å². The van der Waals surface area contributed by atoms with Crippen LogP contribution in [-0.4, -0.2) is 16.9 Å². The van der Waals surface area contributed by atoms with Gasteiger partial charge in [-0.15, -0.1) is 0 Å². The molecule has 0 heterocycles. The summed E-state index contributed by atoms with van der Waals surface area (Å²) in [4.78, 5) is 19.5. The molecule has 0 atom stereocenters. The SMILES string of the molecule is CC(=O)CC(=O)O.[Ag]. The fourth-order valence-electron chi connectivity index (χ4n) is 0.213. The Morgan fingerprint density at radius 2 is 1.88 bits per heavy atom. The van der Waals surface area contributed by atoms with Gasteiger partial charge in [0.15, 0.2) is 0 Å². The predicted molar refractivity (Wildman–Crippen MR) is 22.9 cm³/mol. The first-order valence-electron chi connectivity index (χ1n) is 1.84. The second-order valence-electron chi connectivity index (χ2n) is 1.27. The summed E-state index contributed by atoms with van der Waals surface area (Å²) in [6.45, 7) is 1.24. The van der Waals surface area contributed by atoms with Gasteiger partial charge in [0.25, 0.3) is 0 Å². The van der Waals surface area contributed by atoms with Crippen LogP contribution in [0.2, 0.25) is 0 Å². The van der Waals surface area contributed by atoms with Crippen molar-refractivity contribution in [2.24, 2.45) is 0 Å². The minimum Gasteiger partial charge on any atom is -0.481 e. The Kier molecular flexibility index (Phi) is 6.78. The molecule has 0 fully saturated rings. The molecule has 0 unspecified atom stereocenters. The molecule has 51 valence electrons. The van der Waals surface area contributed by atoms with E-state index in [-0.39, 0.29) is 34.6 Å². The molecule has 0 aliphatic heterocycles. The molecule has 0 saturated carbocycles. The Morgan fingerprint density at radius 3 is 1.88 bits per heavy atom. The second-order valence-corrected chi connectivity index (χ2v) is 1.27. The van der Waals surface area contributed by atoms with Crippen molar-refractivity contribution in [1.29, 1.82) is 0 Å². The Hall–Kier alpha value is -0.120. The third kappa shape index (κ3) is 9.30. The fourth-order valence-corrected chi connectivity index (χ4v) is 0.213. The van der Waals surface area contributed by atoms with Crippen LogP contribution in [0.25, 0.3) is 0 Å². The summed E-state index contributed by atoms with van der Waals surface area (Å²) in [7, 11) is 0. The molecule has 1 N–H and O–H groups in total. The molecule has 0 amide bonds. The van der Waals surface area contributed by atoms with Gasteiger partial charge in [0.1, 0.15) is 12.2 Å². The molecule has 0 aromatic carbocycles. The van der Waals surface area contributed by atoms with E-state index in [1.807, 2.05) is 0 Å². The van der Waals surface area contributed by atoms with E-state index in [1.165, 1.54) is 6.92 Å². The van der Waals surface area contributed by atoms with Crippen molar-refractivity contribution in [1.82, 2.24) is 0 Å². The molecule has 1 radical (unpaired) electrons. The summed E-state index contributed by atoms with van der Waals surface area (Å²) < 4.78 is 0. The van der Waals surface area contributed by atoms with Crippen LogP contribution < -0.4 is 0 Å². The number of carboxylic acid groups (broad SMARTS) is 1. The Balaban J connectivity index is 0. The first-order valence-corrected chi connectivity index (χ1v) is 1.84. The van der Waals surface area contributed by atoms with Crippen LogP contribution in [-0.2, 0) is 32.0 Å². The average Bonchev–Trinajstić information content (AvgIpc) is 1.27. The zero-order chi connectivity index (χ0) is 5.86. The van der Waals surface area contributed by atoms with Crippen LogP contribution >= 0.6 is 0 Å². The van der Waals surface area contributed by atoms with Crippen LogP contribution in [0.15, 0.2) is 0 Å². The number of rotatable bonds is 2. The molecule has 4 heteroatoms. The third-order valence-corrected chi connectivity index (χ3v) is 0.400. The van der Waals surface area contributed by atoms with Crippen molar-refractivity contribution in [3.05, 3.63) is 0 Å². The average molecular weight is 210 g/mol. The van der Waals surface area contributed by atoms with Crippen molar-refractivity contribution in [2.45, 2.75) is 13.3 Å². The van der Waals surface area contributed by atoms with Gasteiger partial charge in [-0.05, 0) is 6.92 Å². The summed E-state index contributed by atoms with van der Waals surface area (Å²) in [5.74, 6) is -1.37. The van der Waals surface area contributed by atoms with Crippen LogP contribution in [0, 0.1) is 0 Å². The van der Waals surface area contributed by atoms with Crippen LogP contribution in [0.3, 0.4) is 0 Å². The quantitative estimate of drug-likeness (QED) is 0.517. The summed E-state index contributed by atoms with van der Waals surface area (Å²) >= 11 is 0. The maximum absolute atomic E-state index is 9.87. The summed E-state index contributed by atoms with van der Waals surface area (Å²) in [5.41, 5.74) is 0. The summed E-state index contributed by atoms with van der Waals surface area (Å²) in [5, 5.41) is 7.86. The number of carbonyl (C=O) groups excluding carboxylic acids is 1. The van der Waals surface area contributed by atoms with E-state index in [1.54, 1.807) is 0 Å². The number of hydrogen-bond acceptors (Lipinski definition) is 2. The van der Waals surface area contributed by atoms with E-state index in [9.17, 15) is 9.59 Å². The number of ketones is 1. The molecule has 8 heavy (non-hydrogen) atoms. The first kappa shape index (κ1) is 10.8. The van der Waals surface area contributed by atoms with Gasteiger partial charge < -0.3 is 5.11 Å². The van der Waals surface area contributed by atoms with Crippen molar-refractivity contribution in [3.8, 4) is 0 Å². The minimum atomic E-state index is -1.06. The van der Waals surface area contributed by atoms with Crippen LogP contribution in [0.5, 0.6) is 0 Å². The standard InChI is InChI=1S/C4H6O3.Ag/c1-3(5)2-4(6)7;/h2H2,1H3,(H,6,7);. The molecule has 0 rings (SSSR count). The molecule has 0 aliphatic rings. The van der Waals surface area contributed by atoms with Gasteiger partial charge in [0, 0.05) is 22.4 Å². The molecule has 0 spiro atoms. The first-order chi connectivity index (χ1) is 3.13. The molecule has 0 aromatic rings. The van der Waals surface area contributed by atoms with E-state index < -0.39 is 5.97 Å². The van der Waals surface area contributed by atoms with Gasteiger partial charge in [0.05, 0.1) is 0 Å². The Morgan fingerprint density at radius 1 is 1.50 bits per heavy atom. The largest absolute Gasteiger partial charge is 0.481 e. The number of aliphatic carboxylic acids is 1. The summed E-state index contributed by atoms with van der Waals surface area (Å²) in [6, 6.07) is 0. The minimum absolute atomic E-state index is 0. The maximum Gasteiger partial charge on any atom is 0.310 e. The monoisotopic (exact) mass is 209 g/mol. The zero-order valence-electron chi connectivity index (χ0n) is 4.27. The smallest absolute Gasteiger partial charge is 0.310 e. The van der Waals surface area contributed by atoms with E-state index >= 15 is 0 Å². The number of hydrogen-bond donors (Lipinski definition) is 1. The third-order valence-electron chi connectivity index (χ3n) is 0.400. The van der Waals surface area contributed by atoms with E-state index in [0.29, 0.717) is 0 Å². The molecule has 3 nitrogen and oxygen atoms in total. The summed E-state index contributed by atoms with van der Waals surface area (Å²) in [6.07, 6.45) is -0.361. The second kappa shape index (κ2) is 5.03. The van der Waals surface area contributed by atoms with Gasteiger partial charge in [-0.3, -0.25) is 9.59 Å². The van der Waals surface area contributed by atoms with Gasteiger partial charge in [-0.2, -0.15) is 0 Å². The predicted octanol–water partition coefficient (Wildman–Crippen LogP) is 0.0476. The fraction of sp³-hybridized carbons (Fsp3) is 0.500. The molecule has 0 saturated heterocycles. The van der Waals surface area contributed by atoms with Crippen molar-refractivity contribution in [3.63, 3.8) is 0 Å². The molecule has 0 aliphatic carbocycles. The van der Waals surface area contributed by atoms with E-state index in [4.69, 9.17) is 5.11 Å². The van der Waals surface area contributed by atoms with Gasteiger partial charge in [0.2, 0.25) is 0 Å². The van der Waals surface area contributed by atoms with Crippen LogP contribution in [0.1, 0.15) is 13.3 Å². The van der Waals surface area contributed by atoms with Crippen molar-refractivity contribution in [2.75, 3.05) is 0 Å². The normalized spacial score (nSPS) is 7.12. The molecular formula is C4H6AgO3. The number of carboxylic acids is 1. The van der Waals surface area contributed by atoms with Gasteiger partial charge in [-0.25, -0.2) is 0 Å². The number of carbonyl (C=O) groups is 2. The Bertz CT molecular complexity index is 87.5. The Labute approximate surface area is 62.6 Å². The van der Waals surface area contributed by atoms with E-state index in [0.717, 1.165) is 0 Å². The molecular weight excluding hydrogens is 204 g/mol.